The number of benzene rings is 4. The molecule has 0 N–H and O–H groups in total. The fourth-order valence-corrected chi connectivity index (χ4v) is 21.4. The first-order chi connectivity index (χ1) is 22.9. The van der Waals surface area contributed by atoms with Crippen LogP contribution in [0.1, 0.15) is 95.8 Å². The van der Waals surface area contributed by atoms with Gasteiger partial charge in [0.15, 0.2) is 0 Å². The van der Waals surface area contributed by atoms with Gasteiger partial charge in [-0.05, 0) is 0 Å². The van der Waals surface area contributed by atoms with E-state index in [0.29, 0.717) is 15.0 Å². The molecule has 4 aromatic rings. The van der Waals surface area contributed by atoms with Gasteiger partial charge in [-0.2, -0.15) is 0 Å². The van der Waals surface area contributed by atoms with Crippen LogP contribution in [0.4, 0.5) is 0 Å². The third-order valence-corrected chi connectivity index (χ3v) is 22.0. The zero-order chi connectivity index (χ0) is 31.9. The molecule has 1 unspecified atom stereocenters. The Bertz CT molecular complexity index is 1850. The third-order valence-electron chi connectivity index (χ3n) is 12.9. The van der Waals surface area contributed by atoms with Crippen molar-refractivity contribution in [1.29, 1.82) is 0 Å². The van der Waals surface area contributed by atoms with Crippen molar-refractivity contribution in [1.82, 2.24) is 0 Å². The smallest absolute Gasteiger partial charge is 1.00 e. The van der Waals surface area contributed by atoms with E-state index >= 15 is 0 Å². The van der Waals surface area contributed by atoms with Gasteiger partial charge in [-0.1, -0.05) is 0 Å². The molecule has 6 aliphatic carbocycles. The Hall–Kier alpha value is -2.31. The Balaban J connectivity index is 0.00000189. The standard InChI is InChI=1S/C18H25.C15H14.C13H9.2ClH.Zr/c1-12-3-13(2)17(4-12)11-18-8-14-5-15(9-18)7-16(6-14)10-18;1-12-3-7-14(8-4-12)11-15-9-5-13(2)6-10-15;1-3-7-12-10(5-1)9-11-6-2-4-8-13(11)12;;;/h4,12,14-16H,5-11H2,1-2H3;3-10H,1-2H3;1-9H;2*1H;/q;;;;;+2/p-2. The van der Waals surface area contributed by atoms with Crippen LogP contribution in [0.15, 0.2) is 118 Å². The Morgan fingerprint density at radius 2 is 1.08 bits per heavy atom. The maximum atomic E-state index is 2.76. The van der Waals surface area contributed by atoms with Crippen molar-refractivity contribution >= 4 is 3.21 Å². The zero-order valence-electron chi connectivity index (χ0n) is 29.4. The van der Waals surface area contributed by atoms with E-state index in [4.69, 9.17) is 0 Å². The fourth-order valence-electron chi connectivity index (χ4n) is 11.4. The van der Waals surface area contributed by atoms with Crippen molar-refractivity contribution in [3.05, 3.63) is 151 Å². The minimum Gasteiger partial charge on any atom is -1.00 e. The van der Waals surface area contributed by atoms with Crippen molar-refractivity contribution in [2.75, 3.05) is 0 Å². The predicted molar refractivity (Wildman–Crippen MR) is 194 cm³/mol. The van der Waals surface area contributed by atoms with Crippen LogP contribution in [0.5, 0.6) is 0 Å². The topological polar surface area (TPSA) is 0 Å². The second kappa shape index (κ2) is 13.7. The average Bonchev–Trinajstić information content (AvgIpc) is 3.53. The summed E-state index contributed by atoms with van der Waals surface area (Å²) in [4.78, 5) is 0. The van der Waals surface area contributed by atoms with E-state index in [1.54, 1.807) is 25.5 Å². The van der Waals surface area contributed by atoms with Crippen molar-refractivity contribution in [3.63, 3.8) is 0 Å². The maximum Gasteiger partial charge on any atom is -1.00 e. The summed E-state index contributed by atoms with van der Waals surface area (Å²) in [6.45, 7) is 9.57. The molecule has 0 nitrogen and oxygen atoms in total. The van der Waals surface area contributed by atoms with Gasteiger partial charge in [-0.25, -0.2) is 0 Å². The molecule has 0 spiro atoms. The summed E-state index contributed by atoms with van der Waals surface area (Å²) in [5.74, 6) is 3.51. The maximum absolute atomic E-state index is 2.80. The first-order valence-electron chi connectivity index (χ1n) is 18.3. The molecule has 6 aliphatic rings. The molecule has 1 atom stereocenters. The Morgan fingerprint density at radius 3 is 1.55 bits per heavy atom. The number of halogens is 2. The van der Waals surface area contributed by atoms with Crippen molar-refractivity contribution in [3.8, 4) is 11.1 Å². The number of hydrogen-bond acceptors (Lipinski definition) is 0. The Morgan fingerprint density at radius 1 is 0.633 bits per heavy atom. The van der Waals surface area contributed by atoms with Gasteiger partial charge in [-0.3, -0.25) is 0 Å². The van der Waals surface area contributed by atoms with Gasteiger partial charge in [0.05, 0.1) is 0 Å². The number of allylic oxidation sites excluding steroid dienone is 4. The van der Waals surface area contributed by atoms with Crippen molar-refractivity contribution < 1.29 is 46.1 Å². The van der Waals surface area contributed by atoms with E-state index < -0.39 is 21.3 Å². The second-order valence-corrected chi connectivity index (χ2v) is 22.2. The summed E-state index contributed by atoms with van der Waals surface area (Å²) in [5, 5.41) is 0. The van der Waals surface area contributed by atoms with E-state index in [0.717, 1.165) is 17.8 Å². The van der Waals surface area contributed by atoms with Crippen LogP contribution < -0.4 is 24.8 Å². The summed E-state index contributed by atoms with van der Waals surface area (Å²) in [7, 11) is 0. The molecule has 4 saturated carbocycles. The molecule has 250 valence electrons. The molecule has 0 saturated heterocycles. The van der Waals surface area contributed by atoms with Gasteiger partial charge in [0.25, 0.3) is 0 Å². The van der Waals surface area contributed by atoms with Crippen LogP contribution in [-0.2, 0) is 21.3 Å². The molecule has 4 fully saturated rings. The van der Waals surface area contributed by atoms with Crippen LogP contribution >= 0.6 is 0 Å². The van der Waals surface area contributed by atoms with Crippen molar-refractivity contribution in [2.45, 2.75) is 76.3 Å². The van der Waals surface area contributed by atoms with Gasteiger partial charge < -0.3 is 24.8 Å². The zero-order valence-corrected chi connectivity index (χ0v) is 33.4. The monoisotopic (exact) mass is 760 g/mol. The molecule has 0 heterocycles. The normalized spacial score (nSPS) is 25.9. The predicted octanol–water partition coefficient (Wildman–Crippen LogP) is 5.73. The van der Waals surface area contributed by atoms with E-state index in [1.807, 2.05) is 3.28 Å². The molecular weight excluding hydrogens is 715 g/mol. The molecule has 4 bridgehead atoms. The quantitative estimate of drug-likeness (QED) is 0.236. The molecule has 3 heteroatoms. The molecule has 10 rings (SSSR count). The minimum atomic E-state index is -2.80. The van der Waals surface area contributed by atoms with Gasteiger partial charge in [-0.15, -0.1) is 0 Å². The van der Waals surface area contributed by atoms with E-state index in [9.17, 15) is 0 Å². The number of rotatable bonds is 6. The van der Waals surface area contributed by atoms with Gasteiger partial charge in [0.2, 0.25) is 0 Å². The van der Waals surface area contributed by atoms with Crippen LogP contribution in [0.25, 0.3) is 11.1 Å². The van der Waals surface area contributed by atoms with Crippen molar-refractivity contribution in [2.24, 2.45) is 29.1 Å². The SMILES string of the molecule is CC1=[C]([Zr+2](=[C](c2ccc(C)cc2)c2ccc(C)cc2)[CH]2c3ccccc3-c3ccccc32)C(C)C=C1CC12CC3CC(CC(C3)C1)C2.[Cl-].[Cl-]. The molecule has 4 aromatic carbocycles. The Labute approximate surface area is 314 Å². The molecule has 0 aliphatic heterocycles. The molecule has 0 radical (unpaired) electrons. The second-order valence-electron chi connectivity index (χ2n) is 16.2. The first-order valence-corrected chi connectivity index (χ1v) is 22.2. The van der Waals surface area contributed by atoms with Crippen LogP contribution in [0.3, 0.4) is 0 Å². The minimum absolute atomic E-state index is 0. The van der Waals surface area contributed by atoms with E-state index in [1.165, 1.54) is 78.3 Å². The number of aryl methyl sites for hydroxylation is 2. The first kappa shape index (κ1) is 35.1. The summed E-state index contributed by atoms with van der Waals surface area (Å²) < 4.78 is 3.98. The largest absolute Gasteiger partial charge is 1.00 e. The summed E-state index contributed by atoms with van der Waals surface area (Å²) in [6, 6.07) is 38.0. The fraction of sp³-hybridized carbons (Fsp3) is 0.370. The van der Waals surface area contributed by atoms with Gasteiger partial charge >= 0.3 is 292 Å². The number of hydrogen-bond donors (Lipinski definition) is 0. The summed E-state index contributed by atoms with van der Waals surface area (Å²) in [6.07, 6.45) is 13.1. The summed E-state index contributed by atoms with van der Waals surface area (Å²) in [5.41, 5.74) is 15.6. The Kier molecular flexibility index (Phi) is 9.80. The summed E-state index contributed by atoms with van der Waals surface area (Å²) >= 11 is -2.80. The van der Waals surface area contributed by atoms with Crippen LogP contribution in [0, 0.1) is 42.9 Å². The van der Waals surface area contributed by atoms with Crippen LogP contribution in [0.2, 0.25) is 0 Å². The third kappa shape index (κ3) is 6.09. The van der Waals surface area contributed by atoms with Gasteiger partial charge in [0.1, 0.15) is 0 Å². The molecular formula is C46H48Cl2Zr. The number of fused-ring (bicyclic) bond motifs is 3. The molecule has 49 heavy (non-hydrogen) atoms. The average molecular weight is 763 g/mol. The van der Waals surface area contributed by atoms with E-state index in [2.05, 4.69) is 131 Å². The molecule has 0 amide bonds. The van der Waals surface area contributed by atoms with Crippen LogP contribution in [-0.4, -0.2) is 3.21 Å². The van der Waals surface area contributed by atoms with E-state index in [-0.39, 0.29) is 24.8 Å². The van der Waals surface area contributed by atoms with Gasteiger partial charge in [0, 0.05) is 0 Å². The molecule has 0 aromatic heterocycles.